The molecule has 0 spiro atoms. The van der Waals surface area contributed by atoms with Gasteiger partial charge in [-0.15, -0.1) is 0 Å². The van der Waals surface area contributed by atoms with Gasteiger partial charge in [-0.25, -0.2) is 0 Å². The predicted molar refractivity (Wildman–Crippen MR) is 77.0 cm³/mol. The summed E-state index contributed by atoms with van der Waals surface area (Å²) in [7, 11) is 1.73. The minimum absolute atomic E-state index is 0.319. The number of nitrogens with zero attached hydrogens (tertiary/aromatic N) is 2. The first-order valence-corrected chi connectivity index (χ1v) is 7.47. The Balaban J connectivity index is 2.07. The molecule has 0 radical (unpaired) electrons. The van der Waals surface area contributed by atoms with Crippen LogP contribution in [-0.2, 0) is 9.53 Å². The molecule has 112 valence electrons. The van der Waals surface area contributed by atoms with Crippen molar-refractivity contribution in [2.75, 3.05) is 53.0 Å². The average molecular weight is 271 g/mol. The summed E-state index contributed by atoms with van der Waals surface area (Å²) in [5.41, 5.74) is 5.45. The van der Waals surface area contributed by atoms with Crippen LogP contribution in [0.4, 0.5) is 0 Å². The first-order chi connectivity index (χ1) is 9.27. The Morgan fingerprint density at radius 2 is 1.79 bits per heavy atom. The number of carbonyl (C=O) groups is 1. The van der Waals surface area contributed by atoms with Gasteiger partial charge in [0.15, 0.2) is 0 Å². The van der Waals surface area contributed by atoms with Crippen LogP contribution in [0.3, 0.4) is 0 Å². The maximum atomic E-state index is 12.0. The van der Waals surface area contributed by atoms with E-state index in [9.17, 15) is 4.79 Å². The largest absolute Gasteiger partial charge is 0.383 e. The number of unbranched alkanes of at least 4 members (excludes halogenated alkanes) is 3. The van der Waals surface area contributed by atoms with Crippen LogP contribution in [0.5, 0.6) is 0 Å². The van der Waals surface area contributed by atoms with Crippen LogP contribution in [0.15, 0.2) is 0 Å². The van der Waals surface area contributed by atoms with E-state index >= 15 is 0 Å². The van der Waals surface area contributed by atoms with Crippen molar-refractivity contribution in [1.29, 1.82) is 0 Å². The molecular formula is C14H29N3O2. The Labute approximate surface area is 117 Å². The van der Waals surface area contributed by atoms with Gasteiger partial charge in [0, 0.05) is 46.3 Å². The fraction of sp³-hybridized carbons (Fsp3) is 0.929. The zero-order valence-electron chi connectivity index (χ0n) is 12.3. The number of methoxy groups -OCH3 is 1. The van der Waals surface area contributed by atoms with Crippen molar-refractivity contribution in [3.05, 3.63) is 0 Å². The van der Waals surface area contributed by atoms with Gasteiger partial charge in [-0.3, -0.25) is 9.69 Å². The van der Waals surface area contributed by atoms with E-state index in [1.807, 2.05) is 4.90 Å². The van der Waals surface area contributed by atoms with E-state index in [1.54, 1.807) is 7.11 Å². The molecule has 0 aromatic heterocycles. The summed E-state index contributed by atoms with van der Waals surface area (Å²) in [6.45, 7) is 6.19. The number of carbonyl (C=O) groups excluding carboxylic acids is 1. The minimum Gasteiger partial charge on any atom is -0.383 e. The zero-order chi connectivity index (χ0) is 13.9. The first kappa shape index (κ1) is 16.4. The Morgan fingerprint density at radius 1 is 1.11 bits per heavy atom. The van der Waals surface area contributed by atoms with Gasteiger partial charge in [-0.05, 0) is 19.4 Å². The lowest BCUT2D eigenvalue weighted by Crippen LogP contribution is -2.49. The smallest absolute Gasteiger partial charge is 0.222 e. The molecule has 1 amide bonds. The van der Waals surface area contributed by atoms with E-state index < -0.39 is 0 Å². The molecule has 0 aromatic rings. The summed E-state index contributed by atoms with van der Waals surface area (Å²) in [4.78, 5) is 16.4. The first-order valence-electron chi connectivity index (χ1n) is 7.47. The fourth-order valence-corrected chi connectivity index (χ4v) is 2.37. The van der Waals surface area contributed by atoms with E-state index in [2.05, 4.69) is 4.90 Å². The van der Waals surface area contributed by atoms with Crippen LogP contribution in [0.1, 0.15) is 32.1 Å². The molecule has 1 saturated heterocycles. The molecule has 1 fully saturated rings. The molecule has 1 aliphatic heterocycles. The third-order valence-corrected chi connectivity index (χ3v) is 3.68. The number of hydrogen-bond acceptors (Lipinski definition) is 4. The highest BCUT2D eigenvalue weighted by molar-refractivity contribution is 5.76. The van der Waals surface area contributed by atoms with Gasteiger partial charge in [0.2, 0.25) is 5.91 Å². The summed E-state index contributed by atoms with van der Waals surface area (Å²) in [6.07, 6.45) is 5.04. The van der Waals surface area contributed by atoms with E-state index in [4.69, 9.17) is 10.5 Å². The molecule has 0 unspecified atom stereocenters. The van der Waals surface area contributed by atoms with Gasteiger partial charge in [-0.2, -0.15) is 0 Å². The van der Waals surface area contributed by atoms with E-state index in [-0.39, 0.29) is 0 Å². The summed E-state index contributed by atoms with van der Waals surface area (Å²) in [6, 6.07) is 0. The zero-order valence-corrected chi connectivity index (χ0v) is 12.3. The van der Waals surface area contributed by atoms with Crippen LogP contribution >= 0.6 is 0 Å². The molecule has 1 rings (SSSR count). The third kappa shape index (κ3) is 6.89. The van der Waals surface area contributed by atoms with Crippen LogP contribution < -0.4 is 5.73 Å². The summed E-state index contributed by atoms with van der Waals surface area (Å²) >= 11 is 0. The Hall–Kier alpha value is -0.650. The maximum Gasteiger partial charge on any atom is 0.222 e. The highest BCUT2D eigenvalue weighted by Gasteiger charge is 2.20. The van der Waals surface area contributed by atoms with Gasteiger partial charge in [0.1, 0.15) is 0 Å². The van der Waals surface area contributed by atoms with Crippen LogP contribution in [0.25, 0.3) is 0 Å². The van der Waals surface area contributed by atoms with Crippen molar-refractivity contribution in [3.8, 4) is 0 Å². The highest BCUT2D eigenvalue weighted by Crippen LogP contribution is 2.08. The summed E-state index contributed by atoms with van der Waals surface area (Å²) in [5.74, 6) is 0.319. The summed E-state index contributed by atoms with van der Waals surface area (Å²) < 4.78 is 5.07. The van der Waals surface area contributed by atoms with E-state index in [0.717, 1.165) is 71.6 Å². The molecular weight excluding hydrogens is 242 g/mol. The monoisotopic (exact) mass is 271 g/mol. The van der Waals surface area contributed by atoms with E-state index in [0.29, 0.717) is 12.3 Å². The highest BCUT2D eigenvalue weighted by atomic mass is 16.5. The molecule has 5 heteroatoms. The van der Waals surface area contributed by atoms with Crippen LogP contribution in [0.2, 0.25) is 0 Å². The Bertz CT molecular complexity index is 241. The van der Waals surface area contributed by atoms with Gasteiger partial charge in [-0.1, -0.05) is 12.8 Å². The lowest BCUT2D eigenvalue weighted by atomic mass is 10.1. The van der Waals surface area contributed by atoms with Crippen molar-refractivity contribution in [2.24, 2.45) is 5.73 Å². The molecule has 1 aliphatic rings. The minimum atomic E-state index is 0.319. The van der Waals surface area contributed by atoms with Crippen molar-refractivity contribution in [1.82, 2.24) is 9.80 Å². The molecule has 2 N–H and O–H groups in total. The molecule has 0 saturated carbocycles. The third-order valence-electron chi connectivity index (χ3n) is 3.68. The number of amides is 1. The standard InChI is InChI=1S/C14H29N3O2/c1-19-13-12-16-8-10-17(11-9-16)14(18)6-4-2-3-5-7-15/h2-13,15H2,1H3. The maximum absolute atomic E-state index is 12.0. The fourth-order valence-electron chi connectivity index (χ4n) is 2.37. The molecule has 0 aromatic carbocycles. The van der Waals surface area contributed by atoms with Gasteiger partial charge in [0.25, 0.3) is 0 Å². The number of ether oxygens (including phenoxy) is 1. The molecule has 19 heavy (non-hydrogen) atoms. The lowest BCUT2D eigenvalue weighted by Gasteiger charge is -2.34. The van der Waals surface area contributed by atoms with Crippen molar-refractivity contribution < 1.29 is 9.53 Å². The van der Waals surface area contributed by atoms with Crippen LogP contribution in [-0.4, -0.2) is 68.7 Å². The predicted octanol–water partition coefficient (Wildman–Crippen LogP) is 0.686. The Morgan fingerprint density at radius 3 is 2.42 bits per heavy atom. The van der Waals surface area contributed by atoms with Gasteiger partial charge < -0.3 is 15.4 Å². The number of rotatable bonds is 9. The average Bonchev–Trinajstić information content (AvgIpc) is 2.45. The molecule has 0 aliphatic carbocycles. The second kappa shape index (κ2) is 10.2. The topological polar surface area (TPSA) is 58.8 Å². The van der Waals surface area contributed by atoms with Crippen molar-refractivity contribution in [2.45, 2.75) is 32.1 Å². The second-order valence-electron chi connectivity index (χ2n) is 5.17. The SMILES string of the molecule is COCCN1CCN(C(=O)CCCCCCN)CC1. The van der Waals surface area contributed by atoms with Crippen molar-refractivity contribution in [3.63, 3.8) is 0 Å². The van der Waals surface area contributed by atoms with E-state index in [1.165, 1.54) is 0 Å². The molecule has 0 atom stereocenters. The van der Waals surface area contributed by atoms with Crippen molar-refractivity contribution >= 4 is 5.91 Å². The summed E-state index contributed by atoms with van der Waals surface area (Å²) in [5, 5.41) is 0. The number of hydrogen-bond donors (Lipinski definition) is 1. The van der Waals surface area contributed by atoms with Gasteiger partial charge in [0.05, 0.1) is 6.61 Å². The molecule has 1 heterocycles. The Kier molecular flexibility index (Phi) is 8.79. The van der Waals surface area contributed by atoms with Crippen LogP contribution in [0, 0.1) is 0 Å². The molecule has 5 nitrogen and oxygen atoms in total. The quantitative estimate of drug-likeness (QED) is 0.627. The lowest BCUT2D eigenvalue weighted by molar-refractivity contribution is -0.133. The second-order valence-corrected chi connectivity index (χ2v) is 5.17. The molecule has 0 bridgehead atoms. The normalized spacial score (nSPS) is 16.8. The van der Waals surface area contributed by atoms with Gasteiger partial charge >= 0.3 is 0 Å². The number of piperazine rings is 1. The number of nitrogens with two attached hydrogens (primary N) is 1.